The fraction of sp³-hybridized carbons (Fsp3) is 0.562. The van der Waals surface area contributed by atoms with Gasteiger partial charge in [-0.3, -0.25) is 4.79 Å². The number of benzene rings is 1. The van der Waals surface area contributed by atoms with Crippen LogP contribution in [0.3, 0.4) is 0 Å². The molecule has 0 unspecified atom stereocenters. The number of likely N-dealkylation sites (tertiary alicyclic amines) is 1. The van der Waals surface area contributed by atoms with E-state index in [1.807, 2.05) is 0 Å². The highest BCUT2D eigenvalue weighted by molar-refractivity contribution is 7.89. The Hall–Kier alpha value is -1.44. The van der Waals surface area contributed by atoms with Crippen LogP contribution in [-0.4, -0.2) is 51.4 Å². The van der Waals surface area contributed by atoms with Crippen LogP contribution in [-0.2, 0) is 10.0 Å². The number of rotatable bonds is 5. The summed E-state index contributed by atoms with van der Waals surface area (Å²) in [5.74, 6) is -0.136. The number of carbonyl (C=O) groups is 1. The van der Waals surface area contributed by atoms with Gasteiger partial charge in [0.15, 0.2) is 0 Å². The minimum atomic E-state index is -3.46. The molecule has 0 aromatic heterocycles. The lowest BCUT2D eigenvalue weighted by Crippen LogP contribution is -2.45. The predicted molar refractivity (Wildman–Crippen MR) is 87.8 cm³/mol. The molecule has 2 aliphatic rings. The molecule has 0 bridgehead atoms. The molecule has 0 radical (unpaired) electrons. The number of hydrogen-bond acceptors (Lipinski definition) is 4. The first kappa shape index (κ1) is 16.4. The molecule has 1 amide bonds. The molecule has 1 aliphatic heterocycles. The SMILES string of the molecule is CNS(=O)(=O)c1ccc(C(=O)NC2CCN(C3CC3)CC2)cc1. The lowest BCUT2D eigenvalue weighted by atomic mass is 10.0. The molecule has 1 aliphatic carbocycles. The third-order valence-corrected chi connectivity index (χ3v) is 6.05. The fourth-order valence-electron chi connectivity index (χ4n) is 3.02. The Morgan fingerprint density at radius 3 is 2.22 bits per heavy atom. The molecule has 23 heavy (non-hydrogen) atoms. The number of carbonyl (C=O) groups excluding carboxylic acids is 1. The van der Waals surface area contributed by atoms with Gasteiger partial charge in [-0.05, 0) is 57.0 Å². The first-order valence-corrected chi connectivity index (χ1v) is 9.56. The first-order chi connectivity index (χ1) is 11.0. The van der Waals surface area contributed by atoms with Crippen LogP contribution in [0.4, 0.5) is 0 Å². The number of amides is 1. The minimum Gasteiger partial charge on any atom is -0.349 e. The van der Waals surface area contributed by atoms with E-state index in [2.05, 4.69) is 14.9 Å². The molecule has 126 valence electrons. The summed E-state index contributed by atoms with van der Waals surface area (Å²) in [6.45, 7) is 2.10. The summed E-state index contributed by atoms with van der Waals surface area (Å²) in [5, 5.41) is 3.06. The molecule has 1 aromatic carbocycles. The summed E-state index contributed by atoms with van der Waals surface area (Å²) in [7, 11) is -2.10. The lowest BCUT2D eigenvalue weighted by Gasteiger charge is -2.32. The Bertz CT molecular complexity index is 660. The maximum absolute atomic E-state index is 12.3. The van der Waals surface area contributed by atoms with Crippen molar-refractivity contribution >= 4 is 15.9 Å². The number of nitrogens with one attached hydrogen (secondary N) is 2. The maximum Gasteiger partial charge on any atom is 0.251 e. The van der Waals surface area contributed by atoms with E-state index in [4.69, 9.17) is 0 Å². The molecule has 2 N–H and O–H groups in total. The predicted octanol–water partition coefficient (Wildman–Crippen LogP) is 0.951. The summed E-state index contributed by atoms with van der Waals surface area (Å²) in [5.41, 5.74) is 0.490. The van der Waals surface area contributed by atoms with Crippen LogP contribution in [0, 0.1) is 0 Å². The lowest BCUT2D eigenvalue weighted by molar-refractivity contribution is 0.0909. The van der Waals surface area contributed by atoms with Gasteiger partial charge in [0.1, 0.15) is 0 Å². The van der Waals surface area contributed by atoms with Crippen molar-refractivity contribution in [1.29, 1.82) is 0 Å². The van der Waals surface area contributed by atoms with E-state index in [1.54, 1.807) is 12.1 Å². The normalized spacial score (nSPS) is 20.4. The van der Waals surface area contributed by atoms with Crippen molar-refractivity contribution in [3.8, 4) is 0 Å². The van der Waals surface area contributed by atoms with Gasteiger partial charge >= 0.3 is 0 Å². The number of nitrogens with zero attached hydrogens (tertiary/aromatic N) is 1. The Kier molecular flexibility index (Phi) is 4.70. The number of sulfonamides is 1. The van der Waals surface area contributed by atoms with Gasteiger partial charge in [-0.1, -0.05) is 0 Å². The number of hydrogen-bond donors (Lipinski definition) is 2. The molecule has 6 nitrogen and oxygen atoms in total. The molecular weight excluding hydrogens is 314 g/mol. The molecule has 2 fully saturated rings. The zero-order chi connectivity index (χ0) is 16.4. The molecule has 1 heterocycles. The van der Waals surface area contributed by atoms with Crippen molar-refractivity contribution in [3.63, 3.8) is 0 Å². The maximum atomic E-state index is 12.3. The van der Waals surface area contributed by atoms with Crippen LogP contribution in [0.1, 0.15) is 36.0 Å². The Morgan fingerprint density at radius 1 is 1.09 bits per heavy atom. The molecular formula is C16H23N3O3S. The van der Waals surface area contributed by atoms with Gasteiger partial charge in [-0.25, -0.2) is 13.1 Å². The highest BCUT2D eigenvalue weighted by atomic mass is 32.2. The van der Waals surface area contributed by atoms with Crippen molar-refractivity contribution < 1.29 is 13.2 Å². The average Bonchev–Trinajstić information content (AvgIpc) is 3.40. The van der Waals surface area contributed by atoms with Crippen molar-refractivity contribution in [2.24, 2.45) is 0 Å². The third-order valence-electron chi connectivity index (χ3n) is 4.62. The molecule has 3 rings (SSSR count). The highest BCUT2D eigenvalue weighted by Crippen LogP contribution is 2.29. The van der Waals surface area contributed by atoms with Crippen molar-refractivity contribution in [1.82, 2.24) is 14.9 Å². The molecule has 1 saturated heterocycles. The average molecular weight is 337 g/mol. The first-order valence-electron chi connectivity index (χ1n) is 8.08. The van der Waals surface area contributed by atoms with E-state index in [1.165, 1.54) is 32.0 Å². The Morgan fingerprint density at radius 2 is 1.70 bits per heavy atom. The van der Waals surface area contributed by atoms with Crippen LogP contribution in [0.5, 0.6) is 0 Å². The molecule has 0 spiro atoms. The van der Waals surface area contributed by atoms with Gasteiger partial charge in [0.25, 0.3) is 5.91 Å². The second-order valence-corrected chi connectivity index (χ2v) is 8.13. The van der Waals surface area contributed by atoms with Gasteiger partial charge in [-0.15, -0.1) is 0 Å². The smallest absolute Gasteiger partial charge is 0.251 e. The van der Waals surface area contributed by atoms with Gasteiger partial charge in [0.2, 0.25) is 10.0 Å². The Balaban J connectivity index is 1.56. The monoisotopic (exact) mass is 337 g/mol. The summed E-state index contributed by atoms with van der Waals surface area (Å²) in [6.07, 6.45) is 4.60. The van der Waals surface area contributed by atoms with Crippen LogP contribution in [0.2, 0.25) is 0 Å². The van der Waals surface area contributed by atoms with Gasteiger partial charge in [0, 0.05) is 30.7 Å². The van der Waals surface area contributed by atoms with Gasteiger partial charge < -0.3 is 10.2 Å². The van der Waals surface area contributed by atoms with E-state index >= 15 is 0 Å². The summed E-state index contributed by atoms with van der Waals surface area (Å²) >= 11 is 0. The second-order valence-electron chi connectivity index (χ2n) is 6.25. The second kappa shape index (κ2) is 6.59. The standard InChI is InChI=1S/C16H23N3O3S/c1-17-23(21,22)15-6-2-12(3-7-15)16(20)18-13-8-10-19(11-9-13)14-4-5-14/h2-3,6-7,13-14,17H,4-5,8-11H2,1H3,(H,18,20). The van der Waals surface area contributed by atoms with Crippen molar-refractivity contribution in [3.05, 3.63) is 29.8 Å². The van der Waals surface area contributed by atoms with E-state index in [-0.39, 0.29) is 16.8 Å². The van der Waals surface area contributed by atoms with Crippen molar-refractivity contribution in [2.75, 3.05) is 20.1 Å². The van der Waals surface area contributed by atoms with E-state index in [0.29, 0.717) is 5.56 Å². The van der Waals surface area contributed by atoms with E-state index in [9.17, 15) is 13.2 Å². The molecule has 0 atom stereocenters. The molecule has 1 aromatic rings. The van der Waals surface area contributed by atoms with Crippen LogP contribution < -0.4 is 10.0 Å². The summed E-state index contributed by atoms with van der Waals surface area (Å²) < 4.78 is 25.6. The minimum absolute atomic E-state index is 0.136. The quantitative estimate of drug-likeness (QED) is 0.839. The highest BCUT2D eigenvalue weighted by Gasteiger charge is 2.32. The summed E-state index contributed by atoms with van der Waals surface area (Å²) in [4.78, 5) is 15.0. The van der Waals surface area contributed by atoms with Gasteiger partial charge in [0.05, 0.1) is 4.90 Å². The fourth-order valence-corrected chi connectivity index (χ4v) is 3.75. The molecule has 7 heteroatoms. The topological polar surface area (TPSA) is 78.5 Å². The van der Waals surface area contributed by atoms with Crippen molar-refractivity contribution in [2.45, 2.75) is 42.7 Å². The van der Waals surface area contributed by atoms with Gasteiger partial charge in [-0.2, -0.15) is 0 Å². The third kappa shape index (κ3) is 3.91. The Labute approximate surface area is 137 Å². The van der Waals surface area contributed by atoms with Crippen LogP contribution in [0.15, 0.2) is 29.2 Å². The van der Waals surface area contributed by atoms with Crippen LogP contribution in [0.25, 0.3) is 0 Å². The zero-order valence-corrected chi connectivity index (χ0v) is 14.1. The largest absolute Gasteiger partial charge is 0.349 e. The van der Waals surface area contributed by atoms with E-state index in [0.717, 1.165) is 32.0 Å². The zero-order valence-electron chi connectivity index (χ0n) is 13.3. The summed E-state index contributed by atoms with van der Waals surface area (Å²) in [6, 6.07) is 7.01. The molecule has 1 saturated carbocycles. The van der Waals surface area contributed by atoms with E-state index < -0.39 is 10.0 Å². The number of piperidine rings is 1. The van der Waals surface area contributed by atoms with Crippen LogP contribution >= 0.6 is 0 Å².